The summed E-state index contributed by atoms with van der Waals surface area (Å²) in [5, 5.41) is 7.18. The largest absolute Gasteiger partial charge is 0.348 e. The predicted molar refractivity (Wildman–Crippen MR) is 211 cm³/mol. The number of para-hydroxylation sites is 2. The van der Waals surface area contributed by atoms with Crippen molar-refractivity contribution >= 4 is 59.9 Å². The molecule has 4 aromatic carbocycles. The Hall–Kier alpha value is -4.70. The molecular weight excluding hydrogens is 801 g/mol. The van der Waals surface area contributed by atoms with E-state index >= 15 is 0 Å². The van der Waals surface area contributed by atoms with Crippen molar-refractivity contribution in [3.63, 3.8) is 0 Å². The number of hydrogen-bond donors (Lipinski definition) is 0. The summed E-state index contributed by atoms with van der Waals surface area (Å²) in [5.74, 6) is 0. The SMILES string of the molecule is CC(C)(C)c1ccnc2c1nc(C(C)(C)C)c1c2[c-]c2c3ccccc3n3c4ccccc4c1c23.[2H]C([2H])([2H])c1c[c-]c(-c2cc(C([2H])([2H])[2H])c(C([2H])([2H])[2H])cn2)cc1.[Ir]. The second kappa shape index (κ2) is 12.5. The third kappa shape index (κ3) is 5.68. The molecule has 257 valence electrons. The Morgan fingerprint density at radius 2 is 1.43 bits per heavy atom. The quantitative estimate of drug-likeness (QED) is 0.122. The van der Waals surface area contributed by atoms with Gasteiger partial charge in [-0.3, -0.25) is 9.97 Å². The third-order valence-corrected chi connectivity index (χ3v) is 9.41. The molecule has 0 aliphatic heterocycles. The third-order valence-electron chi connectivity index (χ3n) is 9.41. The molecule has 0 unspecified atom stereocenters. The van der Waals surface area contributed by atoms with Crippen molar-refractivity contribution < 1.29 is 32.4 Å². The van der Waals surface area contributed by atoms with Crippen molar-refractivity contribution in [3.05, 3.63) is 131 Å². The molecule has 0 bridgehead atoms. The van der Waals surface area contributed by atoms with Crippen LogP contribution in [0.4, 0.5) is 0 Å². The van der Waals surface area contributed by atoms with Gasteiger partial charge < -0.3 is 9.38 Å². The van der Waals surface area contributed by atoms with E-state index in [1.165, 1.54) is 67.9 Å². The monoisotopic (exact) mass is 852 g/mol. The molecule has 5 heterocycles. The number of rotatable bonds is 1. The molecule has 9 aromatic rings. The Bertz CT molecular complexity index is 3080. The molecule has 9 rings (SSSR count). The van der Waals surface area contributed by atoms with Gasteiger partial charge in [0.1, 0.15) is 0 Å². The van der Waals surface area contributed by atoms with E-state index in [2.05, 4.69) is 118 Å². The fourth-order valence-corrected chi connectivity index (χ4v) is 7.09. The van der Waals surface area contributed by atoms with E-state index in [1.807, 2.05) is 6.20 Å². The van der Waals surface area contributed by atoms with Crippen molar-refractivity contribution in [3.8, 4) is 11.3 Å². The van der Waals surface area contributed by atoms with Gasteiger partial charge in [0.05, 0.1) is 5.52 Å². The second-order valence-corrected chi connectivity index (χ2v) is 15.0. The molecule has 0 fully saturated rings. The molecule has 0 amide bonds. The molecule has 1 radical (unpaired) electrons. The standard InChI is InChI=1S/C32H28N3.C14H14N.Ir/c1-31(2,3)22-15-16-33-27-21-17-20-18-11-7-9-13-23(18)35-24-14-10-8-12-19(24)25(29(20)35)26(21)30(32(4,5)6)34-28(22)27;1-10-4-6-13(7-5-10)14-8-11(2)12(3)9-15-14;/h7-16H,1-6H3;4-6,8-9H,1-3H3;/q2*-1;/i;1D3,2D3,3D3;. The van der Waals surface area contributed by atoms with Gasteiger partial charge in [0.2, 0.25) is 0 Å². The van der Waals surface area contributed by atoms with E-state index in [0.717, 1.165) is 33.7 Å². The fraction of sp³-hybridized carbons (Fsp3) is 0.239. The molecule has 0 aliphatic rings. The van der Waals surface area contributed by atoms with Crippen LogP contribution in [0.15, 0.2) is 91.3 Å². The molecule has 5 heteroatoms. The van der Waals surface area contributed by atoms with E-state index in [4.69, 9.17) is 22.3 Å². The average Bonchev–Trinajstić information content (AvgIpc) is 3.67. The molecule has 0 spiro atoms. The fourth-order valence-electron chi connectivity index (χ4n) is 7.09. The maximum Gasteiger partial charge on any atom is 0.0591 e. The van der Waals surface area contributed by atoms with Crippen LogP contribution in [0.2, 0.25) is 0 Å². The second-order valence-electron chi connectivity index (χ2n) is 15.0. The summed E-state index contributed by atoms with van der Waals surface area (Å²) in [6, 6.07) is 31.5. The number of nitrogens with zero attached hydrogens (tertiary/aromatic N) is 4. The number of hydrogen-bond acceptors (Lipinski definition) is 3. The summed E-state index contributed by atoms with van der Waals surface area (Å²) >= 11 is 0. The minimum Gasteiger partial charge on any atom is -0.348 e. The smallest absolute Gasteiger partial charge is 0.0591 e. The van der Waals surface area contributed by atoms with E-state index in [-0.39, 0.29) is 53.3 Å². The van der Waals surface area contributed by atoms with Gasteiger partial charge in [-0.1, -0.05) is 118 Å². The summed E-state index contributed by atoms with van der Waals surface area (Å²) < 4.78 is 69.3. The Morgan fingerprint density at radius 1 is 0.706 bits per heavy atom. The number of aryl methyl sites for hydroxylation is 3. The summed E-state index contributed by atoms with van der Waals surface area (Å²) in [5.41, 5.74) is 7.83. The molecular formula is C46H42IrN4-2. The van der Waals surface area contributed by atoms with Gasteiger partial charge in [-0.2, -0.15) is 0 Å². The van der Waals surface area contributed by atoms with Crippen LogP contribution in [-0.2, 0) is 30.9 Å². The Labute approximate surface area is 326 Å². The molecule has 4 nitrogen and oxygen atoms in total. The number of benzene rings is 4. The van der Waals surface area contributed by atoms with E-state index in [9.17, 15) is 0 Å². The van der Waals surface area contributed by atoms with Crippen LogP contribution in [0.5, 0.6) is 0 Å². The molecule has 0 atom stereocenters. The molecule has 51 heavy (non-hydrogen) atoms. The number of fused-ring (bicyclic) bond motifs is 10. The first-order valence-corrected chi connectivity index (χ1v) is 16.7. The van der Waals surface area contributed by atoms with Crippen LogP contribution in [0.1, 0.15) is 81.8 Å². The molecule has 0 N–H and O–H groups in total. The van der Waals surface area contributed by atoms with E-state index < -0.39 is 20.6 Å². The molecule has 0 saturated heterocycles. The minimum atomic E-state index is -2.61. The Balaban J connectivity index is 0.000000193. The zero-order chi connectivity index (χ0) is 42.6. The first kappa shape index (κ1) is 25.3. The van der Waals surface area contributed by atoms with Gasteiger partial charge in [0.15, 0.2) is 0 Å². The first-order chi connectivity index (χ1) is 27.5. The van der Waals surface area contributed by atoms with Gasteiger partial charge in [-0.25, -0.2) is 0 Å². The summed E-state index contributed by atoms with van der Waals surface area (Å²) in [6.45, 7) is 6.08. The van der Waals surface area contributed by atoms with Gasteiger partial charge in [0, 0.05) is 67.1 Å². The maximum absolute atomic E-state index is 7.54. The maximum atomic E-state index is 7.54. The Morgan fingerprint density at radius 3 is 2.10 bits per heavy atom. The van der Waals surface area contributed by atoms with Crippen molar-refractivity contribution in [2.24, 2.45) is 0 Å². The summed E-state index contributed by atoms with van der Waals surface area (Å²) in [4.78, 5) is 14.3. The van der Waals surface area contributed by atoms with Crippen molar-refractivity contribution in [2.75, 3.05) is 0 Å². The van der Waals surface area contributed by atoms with Crippen LogP contribution >= 0.6 is 0 Å². The molecule has 0 aliphatic carbocycles. The number of pyridine rings is 3. The van der Waals surface area contributed by atoms with Crippen LogP contribution < -0.4 is 0 Å². The predicted octanol–water partition coefficient (Wildman–Crippen LogP) is 11.8. The van der Waals surface area contributed by atoms with Crippen LogP contribution in [0.25, 0.3) is 71.2 Å². The van der Waals surface area contributed by atoms with Crippen molar-refractivity contribution in [2.45, 2.75) is 72.9 Å². The van der Waals surface area contributed by atoms with Gasteiger partial charge in [0.25, 0.3) is 0 Å². The summed E-state index contributed by atoms with van der Waals surface area (Å²) in [7, 11) is 0. The molecule has 5 aromatic heterocycles. The van der Waals surface area contributed by atoms with Crippen molar-refractivity contribution in [1.29, 1.82) is 0 Å². The van der Waals surface area contributed by atoms with Gasteiger partial charge in [-0.05, 0) is 75.8 Å². The molecule has 0 saturated carbocycles. The Kier molecular flexibility index (Phi) is 6.20. The van der Waals surface area contributed by atoms with Crippen molar-refractivity contribution in [1.82, 2.24) is 19.4 Å². The zero-order valence-corrected chi connectivity index (χ0v) is 31.7. The van der Waals surface area contributed by atoms with Crippen LogP contribution in [-0.4, -0.2) is 19.4 Å². The van der Waals surface area contributed by atoms with Crippen LogP contribution in [0, 0.1) is 32.7 Å². The van der Waals surface area contributed by atoms with E-state index in [1.54, 1.807) is 0 Å². The average molecular weight is 852 g/mol. The summed E-state index contributed by atoms with van der Waals surface area (Å²) in [6.07, 6.45) is 2.96. The van der Waals surface area contributed by atoms with Gasteiger partial charge >= 0.3 is 0 Å². The normalized spacial score (nSPS) is 15.6. The first-order valence-electron chi connectivity index (χ1n) is 21.2. The van der Waals surface area contributed by atoms with E-state index in [0.29, 0.717) is 5.56 Å². The van der Waals surface area contributed by atoms with Crippen LogP contribution in [0.3, 0.4) is 0 Å². The topological polar surface area (TPSA) is 43.1 Å². The van der Waals surface area contributed by atoms with Gasteiger partial charge in [-0.15, -0.1) is 41.5 Å². The minimum absolute atomic E-state index is 0. The number of aromatic nitrogens is 4. The zero-order valence-electron chi connectivity index (χ0n) is 38.3.